The van der Waals surface area contributed by atoms with Crippen LogP contribution < -0.4 is 5.32 Å². The van der Waals surface area contributed by atoms with Crippen molar-refractivity contribution in [1.29, 1.82) is 5.26 Å². The minimum absolute atomic E-state index is 0.00883. The van der Waals surface area contributed by atoms with Crippen molar-refractivity contribution in [2.24, 2.45) is 7.05 Å². The standard InChI is InChI=1S/C15H10F5N7O/c1-7-3-10(14(16,17)15(18,19)20)27-11(23-7)4-9(25-27)13(28)24-12-8(5-21)6-22-26(12)2/h3-4,6H,1-2H3,(H,24,28). The van der Waals surface area contributed by atoms with Gasteiger partial charge in [0.05, 0.1) is 6.20 Å². The molecular weight excluding hydrogens is 389 g/mol. The molecule has 1 N–H and O–H groups in total. The molecule has 3 aromatic rings. The number of nitrogens with zero attached hydrogens (tertiary/aromatic N) is 6. The van der Waals surface area contributed by atoms with E-state index in [9.17, 15) is 26.7 Å². The van der Waals surface area contributed by atoms with Gasteiger partial charge in [-0.2, -0.15) is 37.4 Å². The van der Waals surface area contributed by atoms with E-state index in [0.717, 1.165) is 6.07 Å². The SMILES string of the molecule is Cc1cc(C(F)(F)C(F)(F)F)n2nc(C(=O)Nc3c(C#N)cnn3C)cc2n1. The van der Waals surface area contributed by atoms with Crippen LogP contribution in [-0.4, -0.2) is 36.5 Å². The Bertz CT molecular complexity index is 1120. The van der Waals surface area contributed by atoms with Crippen LogP contribution in [0, 0.1) is 18.3 Å². The topological polar surface area (TPSA) is 101 Å². The van der Waals surface area contributed by atoms with E-state index < -0.39 is 29.4 Å². The third-order valence-electron chi connectivity index (χ3n) is 3.76. The van der Waals surface area contributed by atoms with Crippen LogP contribution >= 0.6 is 0 Å². The Labute approximate surface area is 153 Å². The molecule has 0 aromatic carbocycles. The molecule has 13 heteroatoms. The quantitative estimate of drug-likeness (QED) is 0.683. The molecule has 0 spiro atoms. The minimum Gasteiger partial charge on any atom is -0.304 e. The molecule has 146 valence electrons. The Balaban J connectivity index is 2.08. The average Bonchev–Trinajstić information content (AvgIpc) is 3.17. The van der Waals surface area contributed by atoms with Crippen LogP contribution in [0.5, 0.6) is 0 Å². The molecule has 3 rings (SSSR count). The largest absolute Gasteiger partial charge is 0.459 e. The Morgan fingerprint density at radius 3 is 2.54 bits per heavy atom. The van der Waals surface area contributed by atoms with Crippen LogP contribution in [0.15, 0.2) is 18.3 Å². The molecular formula is C15H10F5N7O. The lowest BCUT2D eigenvalue weighted by molar-refractivity contribution is -0.291. The molecule has 3 heterocycles. The van der Waals surface area contributed by atoms with Gasteiger partial charge in [0.1, 0.15) is 23.1 Å². The number of nitrogens with one attached hydrogen (secondary N) is 1. The number of hydrogen-bond acceptors (Lipinski definition) is 5. The number of carbonyl (C=O) groups is 1. The van der Waals surface area contributed by atoms with Gasteiger partial charge in [-0.05, 0) is 13.0 Å². The maximum Gasteiger partial charge on any atom is 0.459 e. The second-order valence-corrected chi connectivity index (χ2v) is 5.75. The number of hydrogen-bond donors (Lipinski definition) is 1. The van der Waals surface area contributed by atoms with Crippen molar-refractivity contribution in [3.8, 4) is 6.07 Å². The zero-order valence-corrected chi connectivity index (χ0v) is 14.2. The number of aryl methyl sites for hydroxylation is 2. The van der Waals surface area contributed by atoms with E-state index in [-0.39, 0.29) is 27.2 Å². The third kappa shape index (κ3) is 3.02. The van der Waals surface area contributed by atoms with Crippen molar-refractivity contribution in [3.63, 3.8) is 0 Å². The fourth-order valence-electron chi connectivity index (χ4n) is 2.42. The number of halogens is 5. The van der Waals surface area contributed by atoms with Crippen molar-refractivity contribution in [2.45, 2.75) is 19.0 Å². The average molecular weight is 399 g/mol. The summed E-state index contributed by atoms with van der Waals surface area (Å²) >= 11 is 0. The summed E-state index contributed by atoms with van der Waals surface area (Å²) in [6.07, 6.45) is -4.68. The Morgan fingerprint density at radius 2 is 1.93 bits per heavy atom. The highest BCUT2D eigenvalue weighted by Gasteiger charge is 2.60. The van der Waals surface area contributed by atoms with Gasteiger partial charge in [-0.15, -0.1) is 0 Å². The van der Waals surface area contributed by atoms with Crippen molar-refractivity contribution >= 4 is 17.4 Å². The maximum absolute atomic E-state index is 13.9. The van der Waals surface area contributed by atoms with Crippen LogP contribution in [0.4, 0.5) is 27.8 Å². The van der Waals surface area contributed by atoms with Gasteiger partial charge in [-0.25, -0.2) is 9.50 Å². The summed E-state index contributed by atoms with van der Waals surface area (Å²) < 4.78 is 67.6. The number of fused-ring (bicyclic) bond motifs is 1. The van der Waals surface area contributed by atoms with E-state index in [1.807, 2.05) is 0 Å². The maximum atomic E-state index is 13.9. The lowest BCUT2D eigenvalue weighted by Gasteiger charge is -2.20. The molecule has 0 radical (unpaired) electrons. The molecule has 0 saturated carbocycles. The summed E-state index contributed by atoms with van der Waals surface area (Å²) in [5, 5.41) is 18.6. The van der Waals surface area contributed by atoms with Gasteiger partial charge >= 0.3 is 12.1 Å². The van der Waals surface area contributed by atoms with Crippen molar-refractivity contribution in [3.05, 3.63) is 41.0 Å². The van der Waals surface area contributed by atoms with Gasteiger partial charge < -0.3 is 5.32 Å². The van der Waals surface area contributed by atoms with Crippen LogP contribution in [-0.2, 0) is 13.0 Å². The summed E-state index contributed by atoms with van der Waals surface area (Å²) in [4.78, 5) is 16.2. The second kappa shape index (κ2) is 6.25. The predicted octanol–water partition coefficient (Wildman–Crippen LogP) is 2.55. The second-order valence-electron chi connectivity index (χ2n) is 5.75. The molecule has 3 aromatic heterocycles. The van der Waals surface area contributed by atoms with Gasteiger partial charge in [0.25, 0.3) is 5.91 Å². The molecule has 0 saturated heterocycles. The van der Waals surface area contributed by atoms with E-state index in [1.165, 1.54) is 24.9 Å². The van der Waals surface area contributed by atoms with Gasteiger partial charge in [-0.3, -0.25) is 9.48 Å². The molecule has 0 aliphatic rings. The summed E-state index contributed by atoms with van der Waals surface area (Å²) in [6, 6.07) is 3.30. The first kappa shape index (κ1) is 19.2. The molecule has 0 atom stereocenters. The molecule has 0 unspecified atom stereocenters. The number of nitriles is 1. The van der Waals surface area contributed by atoms with Crippen molar-refractivity contribution < 1.29 is 26.7 Å². The number of rotatable bonds is 3. The predicted molar refractivity (Wildman–Crippen MR) is 83.5 cm³/mol. The summed E-state index contributed by atoms with van der Waals surface area (Å²) in [5.74, 6) is -6.14. The molecule has 8 nitrogen and oxygen atoms in total. The molecule has 0 bridgehead atoms. The fourth-order valence-corrected chi connectivity index (χ4v) is 2.42. The monoisotopic (exact) mass is 399 g/mol. The van der Waals surface area contributed by atoms with Crippen LogP contribution in [0.25, 0.3) is 5.65 Å². The van der Waals surface area contributed by atoms with E-state index in [4.69, 9.17) is 5.26 Å². The Hall–Kier alpha value is -3.56. The molecule has 0 aliphatic carbocycles. The minimum atomic E-state index is -5.86. The number of anilines is 1. The van der Waals surface area contributed by atoms with E-state index in [2.05, 4.69) is 20.5 Å². The van der Waals surface area contributed by atoms with Crippen LogP contribution in [0.1, 0.15) is 27.4 Å². The van der Waals surface area contributed by atoms with Gasteiger partial charge in [-0.1, -0.05) is 0 Å². The summed E-state index contributed by atoms with van der Waals surface area (Å²) in [7, 11) is 1.44. The van der Waals surface area contributed by atoms with Crippen molar-refractivity contribution in [1.82, 2.24) is 24.4 Å². The number of carbonyl (C=O) groups excluding carboxylic acids is 1. The lowest BCUT2D eigenvalue weighted by atomic mass is 10.2. The molecule has 28 heavy (non-hydrogen) atoms. The molecule has 0 fully saturated rings. The Morgan fingerprint density at radius 1 is 1.25 bits per heavy atom. The van der Waals surface area contributed by atoms with Gasteiger partial charge in [0.2, 0.25) is 0 Å². The summed E-state index contributed by atoms with van der Waals surface area (Å²) in [6.45, 7) is 1.23. The summed E-state index contributed by atoms with van der Waals surface area (Å²) in [5.41, 5.74) is -2.40. The van der Waals surface area contributed by atoms with Gasteiger partial charge in [0.15, 0.2) is 11.3 Å². The number of aromatic nitrogens is 5. The highest BCUT2D eigenvalue weighted by atomic mass is 19.4. The van der Waals surface area contributed by atoms with Crippen molar-refractivity contribution in [2.75, 3.05) is 5.32 Å². The first-order valence-corrected chi connectivity index (χ1v) is 7.51. The van der Waals surface area contributed by atoms with E-state index in [1.54, 1.807) is 6.07 Å². The molecule has 0 aliphatic heterocycles. The number of amides is 1. The number of alkyl halides is 5. The first-order valence-electron chi connectivity index (χ1n) is 7.51. The first-order chi connectivity index (χ1) is 13.0. The van der Waals surface area contributed by atoms with Crippen LogP contribution in [0.2, 0.25) is 0 Å². The highest BCUT2D eigenvalue weighted by molar-refractivity contribution is 6.03. The van der Waals surface area contributed by atoms with E-state index in [0.29, 0.717) is 6.07 Å². The highest BCUT2D eigenvalue weighted by Crippen LogP contribution is 2.43. The van der Waals surface area contributed by atoms with Gasteiger partial charge in [0, 0.05) is 18.8 Å². The fraction of sp³-hybridized carbons (Fsp3) is 0.267. The zero-order chi connectivity index (χ0) is 20.9. The third-order valence-corrected chi connectivity index (χ3v) is 3.76. The molecule has 1 amide bonds. The zero-order valence-electron chi connectivity index (χ0n) is 14.2. The van der Waals surface area contributed by atoms with E-state index >= 15 is 0 Å². The van der Waals surface area contributed by atoms with Crippen LogP contribution in [0.3, 0.4) is 0 Å². The normalized spacial score (nSPS) is 12.2. The smallest absolute Gasteiger partial charge is 0.304 e. The Kier molecular flexibility index (Phi) is 4.29. The lowest BCUT2D eigenvalue weighted by Crippen LogP contribution is -2.36.